The van der Waals surface area contributed by atoms with Gasteiger partial charge >= 0.3 is 21.9 Å². The molecule has 0 unspecified atom stereocenters. The van der Waals surface area contributed by atoms with Crippen LogP contribution in [-0.4, -0.2) is 34.7 Å². The van der Waals surface area contributed by atoms with E-state index in [1.807, 2.05) is 0 Å². The molecule has 3 rings (SSSR count). The maximum absolute atomic E-state index is 14.5. The number of ether oxygens (including phenoxy) is 1. The molecule has 0 saturated heterocycles. The summed E-state index contributed by atoms with van der Waals surface area (Å²) in [6.45, 7) is 0. The van der Waals surface area contributed by atoms with E-state index in [-0.39, 0.29) is 0 Å². The van der Waals surface area contributed by atoms with E-state index in [9.17, 15) is 52.0 Å². The Morgan fingerprint density at radius 1 is 0.882 bits per heavy atom. The van der Waals surface area contributed by atoms with Gasteiger partial charge in [0.1, 0.15) is 22.1 Å². The summed E-state index contributed by atoms with van der Waals surface area (Å²) < 4.78 is 155. The Morgan fingerprint density at radius 2 is 1.44 bits per heavy atom. The lowest BCUT2D eigenvalue weighted by Gasteiger charge is -2.47. The van der Waals surface area contributed by atoms with E-state index in [1.54, 1.807) is 0 Å². The first-order valence-corrected chi connectivity index (χ1v) is 12.0. The third-order valence-electron chi connectivity index (χ3n) is 5.08. The van der Waals surface area contributed by atoms with Crippen molar-refractivity contribution in [1.29, 1.82) is 0 Å². The number of rotatable bonds is 6. The zero-order valence-corrected chi connectivity index (χ0v) is 18.0. The lowest BCUT2D eigenvalue weighted by Crippen LogP contribution is -2.58. The van der Waals surface area contributed by atoms with Crippen LogP contribution in [0.15, 0.2) is 47.4 Å². The lowest BCUT2D eigenvalue weighted by atomic mass is 9.75. The predicted molar refractivity (Wildman–Crippen MR) is 99.5 cm³/mol. The van der Waals surface area contributed by atoms with Gasteiger partial charge in [-0.15, -0.1) is 13.2 Å². The number of hydrogen-bond donors (Lipinski definition) is 1. The van der Waals surface area contributed by atoms with Gasteiger partial charge in [-0.1, -0.05) is 0 Å². The van der Waals surface area contributed by atoms with Crippen LogP contribution < -0.4 is 9.46 Å². The minimum Gasteiger partial charge on any atom is -0.406 e. The van der Waals surface area contributed by atoms with Crippen LogP contribution in [0.4, 0.5) is 35.1 Å². The van der Waals surface area contributed by atoms with Gasteiger partial charge in [0.05, 0.1) is 4.90 Å². The zero-order valence-electron chi connectivity index (χ0n) is 16.4. The summed E-state index contributed by atoms with van der Waals surface area (Å²) >= 11 is 0. The molecular formula is C18H13F8NO5S2. The van der Waals surface area contributed by atoms with Crippen molar-refractivity contribution in [3.63, 3.8) is 0 Å². The van der Waals surface area contributed by atoms with Crippen molar-refractivity contribution in [2.75, 3.05) is 0 Å². The Morgan fingerprint density at radius 3 is 1.94 bits per heavy atom. The van der Waals surface area contributed by atoms with E-state index in [2.05, 4.69) is 4.74 Å². The Hall–Kier alpha value is -2.46. The third-order valence-corrected chi connectivity index (χ3v) is 8.81. The van der Waals surface area contributed by atoms with Gasteiger partial charge in [0, 0.05) is 11.6 Å². The fourth-order valence-corrected chi connectivity index (χ4v) is 6.55. The average molecular weight is 539 g/mol. The second kappa shape index (κ2) is 8.34. The molecule has 1 fully saturated rings. The Labute approximate surface area is 187 Å². The number of halogens is 8. The van der Waals surface area contributed by atoms with E-state index >= 15 is 0 Å². The molecule has 1 saturated carbocycles. The maximum Gasteiger partial charge on any atom is 0.573 e. The molecule has 2 aromatic rings. The second-order valence-electron chi connectivity index (χ2n) is 7.31. The first-order chi connectivity index (χ1) is 15.4. The van der Waals surface area contributed by atoms with Gasteiger partial charge in [0.15, 0.2) is 9.84 Å². The number of sulfonamides is 1. The van der Waals surface area contributed by atoms with E-state index in [1.165, 1.54) is 4.72 Å². The molecule has 0 spiro atoms. The summed E-state index contributed by atoms with van der Waals surface area (Å²) in [5, 5.41) is 0. The highest BCUT2D eigenvalue weighted by Crippen LogP contribution is 2.52. The summed E-state index contributed by atoms with van der Waals surface area (Å²) in [6.07, 6.45) is -6.90. The molecule has 1 aliphatic carbocycles. The molecule has 0 aromatic heterocycles. The molecule has 16 heteroatoms. The minimum absolute atomic E-state index is 0.502. The summed E-state index contributed by atoms with van der Waals surface area (Å²) in [4.78, 5) is -0.678. The van der Waals surface area contributed by atoms with Crippen LogP contribution in [0.25, 0.3) is 0 Å². The van der Waals surface area contributed by atoms with Gasteiger partial charge in [-0.25, -0.2) is 30.3 Å². The fraction of sp³-hybridized carbons (Fsp3) is 0.333. The normalized spacial score (nSPS) is 21.7. The van der Waals surface area contributed by atoms with Crippen LogP contribution in [0.5, 0.6) is 5.75 Å². The first kappa shape index (κ1) is 26.2. The van der Waals surface area contributed by atoms with Crippen molar-refractivity contribution in [1.82, 2.24) is 4.72 Å². The minimum atomic E-state index is -5.88. The molecule has 0 aliphatic heterocycles. The molecule has 2 aromatic carbocycles. The highest BCUT2D eigenvalue weighted by Gasteiger charge is 2.59. The maximum atomic E-state index is 14.5. The molecule has 0 amide bonds. The van der Waals surface area contributed by atoms with Crippen LogP contribution in [0.3, 0.4) is 0 Å². The molecule has 6 nitrogen and oxygen atoms in total. The van der Waals surface area contributed by atoms with E-state index in [0.717, 1.165) is 0 Å². The van der Waals surface area contributed by atoms with Crippen LogP contribution >= 0.6 is 0 Å². The van der Waals surface area contributed by atoms with Crippen molar-refractivity contribution < 1.29 is 56.7 Å². The lowest BCUT2D eigenvalue weighted by molar-refractivity contribution is -0.274. The van der Waals surface area contributed by atoms with Crippen LogP contribution in [-0.2, 0) is 24.6 Å². The molecule has 0 atom stereocenters. The summed E-state index contributed by atoms with van der Waals surface area (Å²) in [5.41, 5.74) is -6.48. The number of alkyl halides is 6. The second-order valence-corrected chi connectivity index (χ2v) is 11.3. The highest BCUT2D eigenvalue weighted by molar-refractivity contribution is 7.92. The third kappa shape index (κ3) is 4.84. The Balaban J connectivity index is 2.03. The van der Waals surface area contributed by atoms with Crippen LogP contribution in [0.2, 0.25) is 0 Å². The van der Waals surface area contributed by atoms with Gasteiger partial charge in [-0.3, -0.25) is 0 Å². The smallest absolute Gasteiger partial charge is 0.406 e. The predicted octanol–water partition coefficient (Wildman–Crippen LogP) is 4.13. The molecular weight excluding hydrogens is 526 g/mol. The SMILES string of the molecule is O=S(=O)(N[C@H]1C[C@](c2cc(F)ccc2F)(S(=O)(=O)c2ccc(OC(F)(F)F)cc2)C1)C(F)(F)F. The number of hydrogen-bond acceptors (Lipinski definition) is 5. The molecule has 34 heavy (non-hydrogen) atoms. The fourth-order valence-electron chi connectivity index (χ4n) is 3.58. The molecule has 188 valence electrons. The summed E-state index contributed by atoms with van der Waals surface area (Å²) in [5.74, 6) is -3.11. The molecule has 1 N–H and O–H groups in total. The molecule has 0 radical (unpaired) electrons. The topological polar surface area (TPSA) is 89.5 Å². The summed E-state index contributed by atoms with van der Waals surface area (Å²) in [7, 11) is -10.7. The quantitative estimate of drug-likeness (QED) is 0.558. The van der Waals surface area contributed by atoms with Gasteiger partial charge in [-0.2, -0.15) is 13.2 Å². The van der Waals surface area contributed by atoms with E-state index in [0.29, 0.717) is 42.5 Å². The Kier molecular flexibility index (Phi) is 6.41. The molecule has 0 bridgehead atoms. The van der Waals surface area contributed by atoms with Gasteiger partial charge in [-0.05, 0) is 55.3 Å². The molecule has 0 heterocycles. The highest BCUT2D eigenvalue weighted by atomic mass is 32.2. The van der Waals surface area contributed by atoms with Crippen molar-refractivity contribution in [3.8, 4) is 5.75 Å². The number of nitrogens with one attached hydrogen (secondary N) is 1. The van der Waals surface area contributed by atoms with E-state index < -0.39 is 83.2 Å². The number of sulfone groups is 1. The van der Waals surface area contributed by atoms with E-state index in [4.69, 9.17) is 0 Å². The summed E-state index contributed by atoms with van der Waals surface area (Å²) in [6, 6.07) is 2.77. The van der Waals surface area contributed by atoms with Crippen molar-refractivity contribution >= 4 is 19.9 Å². The number of benzene rings is 2. The first-order valence-electron chi connectivity index (χ1n) is 9.02. The van der Waals surface area contributed by atoms with Gasteiger partial charge in [0.2, 0.25) is 0 Å². The van der Waals surface area contributed by atoms with Crippen molar-refractivity contribution in [2.45, 2.75) is 40.4 Å². The monoisotopic (exact) mass is 539 g/mol. The largest absolute Gasteiger partial charge is 0.573 e. The standard InChI is InChI=1S/C18H13F8NO5S2/c19-10-1-6-15(20)14(7-10)16(8-11(9-16)27-34(30,31)18(24,25)26)33(28,29)13-4-2-12(3-5-13)32-17(21,22)23/h1-7,11,27H,8-9H2/t11-,16-. The molecule has 1 aliphatic rings. The van der Waals surface area contributed by atoms with Gasteiger partial charge < -0.3 is 4.74 Å². The van der Waals surface area contributed by atoms with Crippen LogP contribution in [0, 0.1) is 11.6 Å². The van der Waals surface area contributed by atoms with Crippen molar-refractivity contribution in [2.24, 2.45) is 0 Å². The average Bonchev–Trinajstić information content (AvgIpc) is 2.64. The van der Waals surface area contributed by atoms with Gasteiger partial charge in [0.25, 0.3) is 0 Å². The Bertz CT molecular complexity index is 1280. The van der Waals surface area contributed by atoms with Crippen LogP contribution in [0.1, 0.15) is 18.4 Å². The van der Waals surface area contributed by atoms with Crippen molar-refractivity contribution in [3.05, 3.63) is 59.7 Å². The zero-order chi connectivity index (χ0) is 25.7.